The van der Waals surface area contributed by atoms with Crippen LogP contribution in [0.2, 0.25) is 0 Å². The van der Waals surface area contributed by atoms with Crippen molar-refractivity contribution in [2.75, 3.05) is 9.80 Å². The van der Waals surface area contributed by atoms with Crippen LogP contribution >= 0.6 is 0 Å². The molecule has 2 aliphatic rings. The van der Waals surface area contributed by atoms with Crippen LogP contribution < -0.4 is 9.80 Å². The van der Waals surface area contributed by atoms with Gasteiger partial charge in [-0.3, -0.25) is 0 Å². The summed E-state index contributed by atoms with van der Waals surface area (Å²) >= 11 is 0. The van der Waals surface area contributed by atoms with Crippen LogP contribution in [-0.4, -0.2) is 0 Å². The Bertz CT molecular complexity index is 3830. The third-order valence-electron chi connectivity index (χ3n) is 16.6. The number of anilines is 6. The largest absolute Gasteiger partial charge is 0.310 e. The highest BCUT2D eigenvalue weighted by atomic mass is 15.2. The molecule has 0 amide bonds. The summed E-state index contributed by atoms with van der Waals surface area (Å²) in [5.41, 5.74) is 28.6. The van der Waals surface area contributed by atoms with Gasteiger partial charge in [0, 0.05) is 45.0 Å². The third kappa shape index (κ3) is 8.38. The van der Waals surface area contributed by atoms with Gasteiger partial charge in [-0.25, -0.2) is 0 Å². The summed E-state index contributed by atoms with van der Waals surface area (Å²) in [7, 11) is 0. The summed E-state index contributed by atoms with van der Waals surface area (Å²) in [5, 5.41) is 0. The molecule has 0 spiro atoms. The van der Waals surface area contributed by atoms with Crippen LogP contribution in [0.3, 0.4) is 0 Å². The van der Waals surface area contributed by atoms with Crippen molar-refractivity contribution in [1.29, 1.82) is 0 Å². The van der Waals surface area contributed by atoms with Gasteiger partial charge < -0.3 is 9.80 Å². The highest BCUT2D eigenvalue weighted by Gasteiger charge is 2.36. The molecular formula is C76H60N2. The van der Waals surface area contributed by atoms with Crippen molar-refractivity contribution in [3.8, 4) is 66.8 Å². The van der Waals surface area contributed by atoms with Gasteiger partial charge in [-0.2, -0.15) is 0 Å². The molecule has 0 atom stereocenters. The zero-order valence-corrected chi connectivity index (χ0v) is 44.7. The maximum Gasteiger partial charge on any atom is 0.0482 e. The molecule has 374 valence electrons. The summed E-state index contributed by atoms with van der Waals surface area (Å²) in [5.74, 6) is 0. The van der Waals surface area contributed by atoms with Gasteiger partial charge in [0.25, 0.3) is 0 Å². The quantitative estimate of drug-likeness (QED) is 0.120. The lowest BCUT2D eigenvalue weighted by Gasteiger charge is -2.30. The molecule has 0 unspecified atom stereocenters. The highest BCUT2D eigenvalue weighted by Crippen LogP contribution is 2.52. The summed E-state index contributed by atoms with van der Waals surface area (Å²) in [6.45, 7) is 17.5. The minimum absolute atomic E-state index is 0.0780. The molecule has 0 saturated heterocycles. The Morgan fingerprint density at radius 2 is 0.564 bits per heavy atom. The van der Waals surface area contributed by atoms with Crippen LogP contribution in [-0.2, 0) is 10.8 Å². The van der Waals surface area contributed by atoms with E-state index in [1.165, 1.54) is 66.8 Å². The summed E-state index contributed by atoms with van der Waals surface area (Å²) in [4.78, 5) is 4.76. The number of hydrogen-bond acceptors (Lipinski definition) is 2. The van der Waals surface area contributed by atoms with Gasteiger partial charge in [-0.05, 0) is 191 Å². The second-order valence-corrected chi connectivity index (χ2v) is 21.9. The van der Waals surface area contributed by atoms with Crippen molar-refractivity contribution in [2.45, 2.75) is 38.5 Å². The molecule has 0 saturated carbocycles. The molecule has 13 rings (SSSR count). The van der Waals surface area contributed by atoms with Gasteiger partial charge >= 0.3 is 0 Å². The average Bonchev–Trinajstić information content (AvgIpc) is 4.09. The Balaban J connectivity index is 0.899. The topological polar surface area (TPSA) is 6.48 Å². The standard InChI is InChI=1S/C76H60N2/c1-7-51-16-13-18-57(46-51)53-26-36-61(37-27-53)77(63-40-30-55(31-41-63)59-34-44-69-67-22-9-11-24-71(67)75(3,4)73(69)48-59)65-20-15-21-66(50-65)78(62-38-28-54(29-39-62)58-19-14-17-52(8-2)47-58)64-42-32-56(33-43-64)60-35-45-70-68-23-10-12-25-72(68)76(5,6)74(70)49-60/h7-50H,1-2H2,3-6H3. The van der Waals surface area contributed by atoms with E-state index in [0.29, 0.717) is 0 Å². The van der Waals surface area contributed by atoms with Crippen molar-refractivity contribution in [3.63, 3.8) is 0 Å². The van der Waals surface area contributed by atoms with E-state index in [-0.39, 0.29) is 10.8 Å². The van der Waals surface area contributed by atoms with E-state index in [1.807, 2.05) is 12.2 Å². The van der Waals surface area contributed by atoms with Crippen LogP contribution in [0.15, 0.2) is 268 Å². The van der Waals surface area contributed by atoms with Crippen molar-refractivity contribution in [2.24, 2.45) is 0 Å². The molecule has 11 aromatic rings. The van der Waals surface area contributed by atoms with Gasteiger partial charge in [-0.1, -0.05) is 217 Å². The van der Waals surface area contributed by atoms with Gasteiger partial charge in [0.05, 0.1) is 0 Å². The Hall–Kier alpha value is -9.50. The monoisotopic (exact) mass is 1000 g/mol. The third-order valence-corrected chi connectivity index (χ3v) is 16.6. The first kappa shape index (κ1) is 48.2. The zero-order chi connectivity index (χ0) is 53.1. The van der Waals surface area contributed by atoms with E-state index in [2.05, 4.69) is 305 Å². The second kappa shape index (κ2) is 19.3. The first-order valence-electron chi connectivity index (χ1n) is 27.1. The van der Waals surface area contributed by atoms with Crippen LogP contribution in [0.4, 0.5) is 34.1 Å². The molecule has 11 aromatic carbocycles. The molecule has 0 aromatic heterocycles. The van der Waals surface area contributed by atoms with E-state index in [4.69, 9.17) is 0 Å². The molecule has 2 aliphatic carbocycles. The molecule has 0 N–H and O–H groups in total. The smallest absolute Gasteiger partial charge is 0.0482 e. The summed E-state index contributed by atoms with van der Waals surface area (Å²) < 4.78 is 0. The van der Waals surface area contributed by atoms with Gasteiger partial charge in [0.1, 0.15) is 0 Å². The van der Waals surface area contributed by atoms with E-state index in [9.17, 15) is 0 Å². The zero-order valence-electron chi connectivity index (χ0n) is 44.7. The molecular weight excluding hydrogens is 941 g/mol. The van der Waals surface area contributed by atoms with Crippen molar-refractivity contribution in [3.05, 3.63) is 301 Å². The minimum Gasteiger partial charge on any atom is -0.310 e. The van der Waals surface area contributed by atoms with Crippen molar-refractivity contribution < 1.29 is 0 Å². The lowest BCUT2D eigenvalue weighted by Crippen LogP contribution is -2.15. The summed E-state index contributed by atoms with van der Waals surface area (Å²) in [6, 6.07) is 93.9. The van der Waals surface area contributed by atoms with E-state index < -0.39 is 0 Å². The summed E-state index contributed by atoms with van der Waals surface area (Å²) in [6.07, 6.45) is 3.81. The fourth-order valence-corrected chi connectivity index (χ4v) is 12.3. The molecule has 0 aliphatic heterocycles. The Morgan fingerprint density at radius 1 is 0.256 bits per heavy atom. The second-order valence-electron chi connectivity index (χ2n) is 21.9. The first-order chi connectivity index (χ1) is 38.0. The lowest BCUT2D eigenvalue weighted by atomic mass is 9.81. The minimum atomic E-state index is -0.0780. The van der Waals surface area contributed by atoms with Crippen molar-refractivity contribution in [1.82, 2.24) is 0 Å². The molecule has 2 heteroatoms. The maximum absolute atomic E-state index is 4.03. The number of rotatable bonds is 12. The average molecular weight is 1000 g/mol. The van der Waals surface area contributed by atoms with E-state index in [1.54, 1.807) is 0 Å². The molecule has 0 fully saturated rings. The van der Waals surface area contributed by atoms with Gasteiger partial charge in [0.2, 0.25) is 0 Å². The van der Waals surface area contributed by atoms with Crippen LogP contribution in [0.1, 0.15) is 61.1 Å². The number of hydrogen-bond donors (Lipinski definition) is 0. The highest BCUT2D eigenvalue weighted by molar-refractivity contribution is 5.89. The van der Waals surface area contributed by atoms with E-state index in [0.717, 1.165) is 67.5 Å². The molecule has 0 bridgehead atoms. The maximum atomic E-state index is 4.03. The van der Waals surface area contributed by atoms with Gasteiger partial charge in [0.15, 0.2) is 0 Å². The number of fused-ring (bicyclic) bond motifs is 6. The Morgan fingerprint density at radius 3 is 0.923 bits per heavy atom. The Labute approximate surface area is 460 Å². The SMILES string of the molecule is C=Cc1cccc(-c2ccc(N(c3ccc(-c4ccc5c(c4)C(C)(C)c4ccccc4-5)cc3)c3cccc(N(c4ccc(-c5cccc(C=C)c5)cc4)c4ccc(-c5ccc6c(c5)C(C)(C)c5ccccc5-6)cc4)c3)cc2)c1. The van der Waals surface area contributed by atoms with E-state index >= 15 is 0 Å². The van der Waals surface area contributed by atoms with Crippen LogP contribution in [0.25, 0.3) is 78.9 Å². The fraction of sp³-hybridized carbons (Fsp3) is 0.0789. The van der Waals surface area contributed by atoms with Crippen LogP contribution in [0.5, 0.6) is 0 Å². The van der Waals surface area contributed by atoms with Crippen LogP contribution in [0, 0.1) is 0 Å². The predicted molar refractivity (Wildman–Crippen MR) is 333 cm³/mol. The molecule has 2 nitrogen and oxygen atoms in total. The normalized spacial score (nSPS) is 13.2. The molecule has 78 heavy (non-hydrogen) atoms. The fourth-order valence-electron chi connectivity index (χ4n) is 12.3. The first-order valence-corrected chi connectivity index (χ1v) is 27.1. The number of benzene rings is 11. The molecule has 0 radical (unpaired) electrons. The Kier molecular flexibility index (Phi) is 11.9. The lowest BCUT2D eigenvalue weighted by molar-refractivity contribution is 0.660. The molecule has 0 heterocycles. The number of nitrogens with zero attached hydrogens (tertiary/aromatic N) is 2. The van der Waals surface area contributed by atoms with Crippen molar-refractivity contribution >= 4 is 46.3 Å². The van der Waals surface area contributed by atoms with Gasteiger partial charge in [-0.15, -0.1) is 0 Å². The predicted octanol–water partition coefficient (Wildman–Crippen LogP) is 21.2.